The molecule has 0 saturated carbocycles. The van der Waals surface area contributed by atoms with Crippen molar-refractivity contribution in [2.24, 2.45) is 0 Å². The molecule has 1 amide bonds. The number of anilines is 1. The Kier molecular flexibility index (Phi) is 4.16. The van der Waals surface area contributed by atoms with Gasteiger partial charge in [-0.15, -0.1) is 0 Å². The van der Waals surface area contributed by atoms with Gasteiger partial charge >= 0.3 is 0 Å². The van der Waals surface area contributed by atoms with E-state index in [4.69, 9.17) is 5.26 Å². The second-order valence-corrected chi connectivity index (χ2v) is 5.14. The minimum Gasteiger partial charge on any atom is -0.322 e. The number of carbonyl (C=O) groups is 1. The van der Waals surface area contributed by atoms with E-state index in [0.29, 0.717) is 15.7 Å². The number of benzene rings is 2. The van der Waals surface area contributed by atoms with Gasteiger partial charge in [-0.25, -0.2) is 4.39 Å². The summed E-state index contributed by atoms with van der Waals surface area (Å²) in [6, 6.07) is 11.1. The lowest BCUT2D eigenvalue weighted by atomic mass is 10.1. The Morgan fingerprint density at radius 2 is 2.05 bits per heavy atom. The molecule has 0 aliphatic rings. The van der Waals surface area contributed by atoms with Crippen LogP contribution in [0.1, 0.15) is 21.5 Å². The third kappa shape index (κ3) is 3.03. The van der Waals surface area contributed by atoms with E-state index >= 15 is 0 Å². The lowest BCUT2D eigenvalue weighted by Crippen LogP contribution is -2.14. The Hall–Kier alpha value is -2.19. The first-order chi connectivity index (χ1) is 9.51. The summed E-state index contributed by atoms with van der Waals surface area (Å²) in [5, 5.41) is 11.5. The number of hydrogen-bond donors (Lipinski definition) is 1. The number of amides is 1. The van der Waals surface area contributed by atoms with Gasteiger partial charge in [0.25, 0.3) is 5.91 Å². The van der Waals surface area contributed by atoms with Crippen LogP contribution >= 0.6 is 15.9 Å². The minimum atomic E-state index is -0.597. The van der Waals surface area contributed by atoms with Crippen molar-refractivity contribution in [3.63, 3.8) is 0 Å². The minimum absolute atomic E-state index is 0.0545. The van der Waals surface area contributed by atoms with Crippen LogP contribution in [-0.2, 0) is 0 Å². The van der Waals surface area contributed by atoms with E-state index in [1.54, 1.807) is 25.1 Å². The molecule has 0 atom stereocenters. The number of rotatable bonds is 2. The van der Waals surface area contributed by atoms with Gasteiger partial charge in [-0.1, -0.05) is 22.0 Å². The third-order valence-corrected chi connectivity index (χ3v) is 3.28. The fourth-order valence-corrected chi connectivity index (χ4v) is 2.05. The maximum atomic E-state index is 13.6. The lowest BCUT2D eigenvalue weighted by Gasteiger charge is -2.09. The van der Waals surface area contributed by atoms with Gasteiger partial charge in [0.15, 0.2) is 0 Å². The molecule has 0 fully saturated rings. The highest BCUT2D eigenvalue weighted by molar-refractivity contribution is 9.10. The van der Waals surface area contributed by atoms with Crippen LogP contribution in [0.15, 0.2) is 40.9 Å². The molecule has 2 aromatic rings. The summed E-state index contributed by atoms with van der Waals surface area (Å²) in [5.41, 5.74) is 1.67. The van der Waals surface area contributed by atoms with E-state index in [2.05, 4.69) is 21.2 Å². The zero-order chi connectivity index (χ0) is 14.7. The fraction of sp³-hybridized carbons (Fsp3) is 0.0667. The van der Waals surface area contributed by atoms with Crippen molar-refractivity contribution in [1.29, 1.82) is 5.26 Å². The highest BCUT2D eigenvalue weighted by atomic mass is 79.9. The lowest BCUT2D eigenvalue weighted by molar-refractivity contribution is 0.102. The first-order valence-corrected chi connectivity index (χ1v) is 6.57. The first-order valence-electron chi connectivity index (χ1n) is 5.78. The Morgan fingerprint density at radius 1 is 1.30 bits per heavy atom. The molecular weight excluding hydrogens is 323 g/mol. The van der Waals surface area contributed by atoms with Gasteiger partial charge in [0.2, 0.25) is 0 Å². The quantitative estimate of drug-likeness (QED) is 0.902. The third-order valence-electron chi connectivity index (χ3n) is 2.79. The highest BCUT2D eigenvalue weighted by Gasteiger charge is 2.13. The molecule has 0 unspecified atom stereocenters. The molecule has 2 aromatic carbocycles. The van der Waals surface area contributed by atoms with Crippen molar-refractivity contribution in [1.82, 2.24) is 0 Å². The van der Waals surface area contributed by atoms with E-state index < -0.39 is 11.7 Å². The monoisotopic (exact) mass is 332 g/mol. The fourth-order valence-electron chi connectivity index (χ4n) is 1.69. The summed E-state index contributed by atoms with van der Waals surface area (Å²) >= 11 is 3.20. The SMILES string of the molecule is Cc1ccc(C#N)cc1NC(=O)c1cc(Br)ccc1F. The van der Waals surface area contributed by atoms with Gasteiger partial charge in [-0.2, -0.15) is 5.26 Å². The predicted molar refractivity (Wildman–Crippen MR) is 77.9 cm³/mol. The van der Waals surface area contributed by atoms with Crippen LogP contribution in [0.2, 0.25) is 0 Å². The van der Waals surface area contributed by atoms with Crippen molar-refractivity contribution in [3.8, 4) is 6.07 Å². The predicted octanol–water partition coefficient (Wildman–Crippen LogP) is 4.02. The van der Waals surface area contributed by atoms with Crippen molar-refractivity contribution >= 4 is 27.5 Å². The summed E-state index contributed by atoms with van der Waals surface area (Å²) in [6.07, 6.45) is 0. The summed E-state index contributed by atoms with van der Waals surface area (Å²) in [5.74, 6) is -1.15. The van der Waals surface area contributed by atoms with Gasteiger partial charge < -0.3 is 5.32 Å². The van der Waals surface area contributed by atoms with E-state index in [1.165, 1.54) is 18.2 Å². The number of nitriles is 1. The molecule has 0 radical (unpaired) electrons. The summed E-state index contributed by atoms with van der Waals surface area (Å²) in [4.78, 5) is 12.1. The first kappa shape index (κ1) is 14.2. The normalized spacial score (nSPS) is 9.90. The second-order valence-electron chi connectivity index (χ2n) is 4.22. The van der Waals surface area contributed by atoms with Crippen molar-refractivity contribution in [2.75, 3.05) is 5.32 Å². The zero-order valence-corrected chi connectivity index (χ0v) is 12.2. The van der Waals surface area contributed by atoms with Crippen LogP contribution in [0.3, 0.4) is 0 Å². The molecule has 0 spiro atoms. The van der Waals surface area contributed by atoms with E-state index in [1.807, 2.05) is 6.07 Å². The number of nitrogens with one attached hydrogen (secondary N) is 1. The van der Waals surface area contributed by atoms with Gasteiger partial charge in [0.05, 0.1) is 17.2 Å². The van der Waals surface area contributed by atoms with Gasteiger partial charge in [-0.05, 0) is 42.8 Å². The van der Waals surface area contributed by atoms with Crippen LogP contribution in [-0.4, -0.2) is 5.91 Å². The number of aryl methyl sites for hydroxylation is 1. The molecule has 100 valence electrons. The van der Waals surface area contributed by atoms with Crippen molar-refractivity contribution in [3.05, 3.63) is 63.4 Å². The summed E-state index contributed by atoms with van der Waals surface area (Å²) in [7, 11) is 0. The molecule has 0 aromatic heterocycles. The molecule has 0 bridgehead atoms. The summed E-state index contributed by atoms with van der Waals surface area (Å²) < 4.78 is 14.3. The van der Waals surface area contributed by atoms with E-state index in [9.17, 15) is 9.18 Å². The number of hydrogen-bond acceptors (Lipinski definition) is 2. The highest BCUT2D eigenvalue weighted by Crippen LogP contribution is 2.20. The maximum Gasteiger partial charge on any atom is 0.258 e. The average molecular weight is 333 g/mol. The summed E-state index contributed by atoms with van der Waals surface area (Å²) in [6.45, 7) is 1.80. The van der Waals surface area contributed by atoms with E-state index in [-0.39, 0.29) is 5.56 Å². The van der Waals surface area contributed by atoms with Crippen LogP contribution in [0.5, 0.6) is 0 Å². The van der Waals surface area contributed by atoms with Crippen LogP contribution in [0.25, 0.3) is 0 Å². The van der Waals surface area contributed by atoms with Crippen LogP contribution in [0, 0.1) is 24.1 Å². The molecule has 20 heavy (non-hydrogen) atoms. The largest absolute Gasteiger partial charge is 0.322 e. The molecule has 0 aliphatic heterocycles. The van der Waals surface area contributed by atoms with Crippen LogP contribution in [0.4, 0.5) is 10.1 Å². The molecule has 0 saturated heterocycles. The smallest absolute Gasteiger partial charge is 0.258 e. The van der Waals surface area contributed by atoms with Crippen molar-refractivity contribution < 1.29 is 9.18 Å². The molecule has 5 heteroatoms. The molecule has 0 heterocycles. The Labute approximate surface area is 124 Å². The van der Waals surface area contributed by atoms with Gasteiger partial charge in [-0.3, -0.25) is 4.79 Å². The zero-order valence-electron chi connectivity index (χ0n) is 10.6. The maximum absolute atomic E-state index is 13.6. The molecule has 3 nitrogen and oxygen atoms in total. The Morgan fingerprint density at radius 3 is 2.75 bits per heavy atom. The van der Waals surface area contributed by atoms with Crippen LogP contribution < -0.4 is 5.32 Å². The second kappa shape index (κ2) is 5.85. The number of halogens is 2. The molecular formula is C15H10BrFN2O. The number of nitrogens with zero attached hydrogens (tertiary/aromatic N) is 1. The standard InChI is InChI=1S/C15H10BrFN2O/c1-9-2-3-10(8-18)6-14(9)19-15(20)12-7-11(16)4-5-13(12)17/h2-7H,1H3,(H,19,20). The molecule has 2 rings (SSSR count). The molecule has 0 aliphatic carbocycles. The average Bonchev–Trinajstić information content (AvgIpc) is 2.43. The molecule has 1 N–H and O–H groups in total. The van der Waals surface area contributed by atoms with E-state index in [0.717, 1.165) is 5.56 Å². The van der Waals surface area contributed by atoms with Gasteiger partial charge in [0.1, 0.15) is 5.82 Å². The number of carbonyl (C=O) groups excluding carboxylic acids is 1. The van der Waals surface area contributed by atoms with Crippen molar-refractivity contribution in [2.45, 2.75) is 6.92 Å². The van der Waals surface area contributed by atoms with Gasteiger partial charge in [0, 0.05) is 10.2 Å². The topological polar surface area (TPSA) is 52.9 Å². The Balaban J connectivity index is 2.33. The Bertz CT molecular complexity index is 722.